The van der Waals surface area contributed by atoms with Gasteiger partial charge in [0.25, 0.3) is 0 Å². The maximum Gasteiger partial charge on any atom is 0.224 e. The quantitative estimate of drug-likeness (QED) is 0.765. The van der Waals surface area contributed by atoms with Crippen LogP contribution in [0.2, 0.25) is 5.28 Å². The molecule has 0 unspecified atom stereocenters. The van der Waals surface area contributed by atoms with Crippen LogP contribution in [0.3, 0.4) is 0 Å². The molecule has 0 spiro atoms. The fraction of sp³-hybridized carbons (Fsp3) is 0.600. The van der Waals surface area contributed by atoms with Crippen molar-refractivity contribution in [3.05, 3.63) is 17.0 Å². The van der Waals surface area contributed by atoms with Crippen molar-refractivity contribution >= 4 is 17.4 Å². The van der Waals surface area contributed by atoms with Crippen LogP contribution in [0.15, 0.2) is 6.20 Å². The Hall–Kier alpha value is -0.830. The summed E-state index contributed by atoms with van der Waals surface area (Å²) < 4.78 is 0. The summed E-state index contributed by atoms with van der Waals surface area (Å²) >= 11 is 5.73. The molecule has 0 saturated heterocycles. The Morgan fingerprint density at radius 2 is 2.21 bits per heavy atom. The summed E-state index contributed by atoms with van der Waals surface area (Å²) in [4.78, 5) is 8.08. The number of halogens is 1. The molecule has 1 aliphatic carbocycles. The normalized spacial score (nSPS) is 25.6. The molecule has 1 aromatic heterocycles. The van der Waals surface area contributed by atoms with E-state index >= 15 is 0 Å². The first-order valence-corrected chi connectivity index (χ1v) is 5.28. The van der Waals surface area contributed by atoms with Gasteiger partial charge in [0.05, 0.1) is 0 Å². The molecule has 1 saturated carbocycles. The summed E-state index contributed by atoms with van der Waals surface area (Å²) in [6.07, 6.45) is 4.20. The smallest absolute Gasteiger partial charge is 0.224 e. The lowest BCUT2D eigenvalue weighted by molar-refractivity contribution is 0.308. The lowest BCUT2D eigenvalue weighted by atomic mass is 9.82. The van der Waals surface area contributed by atoms with Crippen molar-refractivity contribution in [1.82, 2.24) is 9.97 Å². The molecule has 1 fully saturated rings. The van der Waals surface area contributed by atoms with Gasteiger partial charge in [-0.15, -0.1) is 0 Å². The topological polar surface area (TPSA) is 37.8 Å². The number of hydrogen-bond donors (Lipinski definition) is 1. The molecule has 0 bridgehead atoms. The van der Waals surface area contributed by atoms with E-state index in [9.17, 15) is 0 Å². The Bertz CT molecular complexity index is 334. The minimum absolute atomic E-state index is 0.311. The zero-order chi connectivity index (χ0) is 10.1. The number of rotatable bonds is 2. The standard InChI is InChI=1S/C10H14ClN3/c1-6-3-8(4-6)13-9-7(2)5-12-10(11)14-9/h5-6,8H,3-4H2,1-2H3,(H,12,13,14). The molecule has 2 rings (SSSR count). The first-order chi connectivity index (χ1) is 6.65. The number of hydrogen-bond acceptors (Lipinski definition) is 3. The molecular weight excluding hydrogens is 198 g/mol. The van der Waals surface area contributed by atoms with Gasteiger partial charge >= 0.3 is 0 Å². The summed E-state index contributed by atoms with van der Waals surface area (Å²) in [5.41, 5.74) is 1.05. The molecule has 0 amide bonds. The highest BCUT2D eigenvalue weighted by Gasteiger charge is 2.25. The van der Waals surface area contributed by atoms with Crippen LogP contribution in [-0.4, -0.2) is 16.0 Å². The van der Waals surface area contributed by atoms with Gasteiger partial charge < -0.3 is 5.32 Å². The van der Waals surface area contributed by atoms with Gasteiger partial charge in [0.1, 0.15) is 5.82 Å². The molecule has 0 aliphatic heterocycles. The van der Waals surface area contributed by atoms with E-state index in [4.69, 9.17) is 11.6 Å². The van der Waals surface area contributed by atoms with Gasteiger partial charge in [0, 0.05) is 17.8 Å². The number of anilines is 1. The summed E-state index contributed by atoms with van der Waals surface area (Å²) in [6, 6.07) is 0.565. The van der Waals surface area contributed by atoms with Crippen LogP contribution in [0.5, 0.6) is 0 Å². The Kier molecular flexibility index (Phi) is 2.59. The molecule has 76 valence electrons. The minimum Gasteiger partial charge on any atom is -0.367 e. The predicted octanol–water partition coefficient (Wildman–Crippen LogP) is 2.65. The Morgan fingerprint density at radius 1 is 1.50 bits per heavy atom. The van der Waals surface area contributed by atoms with E-state index in [1.54, 1.807) is 6.20 Å². The van der Waals surface area contributed by atoms with Gasteiger partial charge in [-0.3, -0.25) is 0 Å². The van der Waals surface area contributed by atoms with E-state index in [-0.39, 0.29) is 0 Å². The van der Waals surface area contributed by atoms with Crippen molar-refractivity contribution < 1.29 is 0 Å². The zero-order valence-electron chi connectivity index (χ0n) is 8.42. The Balaban J connectivity index is 2.05. The van der Waals surface area contributed by atoms with Crippen LogP contribution in [0, 0.1) is 12.8 Å². The highest BCUT2D eigenvalue weighted by atomic mass is 35.5. The predicted molar refractivity (Wildman–Crippen MR) is 57.6 cm³/mol. The second-order valence-electron chi connectivity index (χ2n) is 4.09. The lowest BCUT2D eigenvalue weighted by Crippen LogP contribution is -2.34. The van der Waals surface area contributed by atoms with Crippen molar-refractivity contribution in [2.45, 2.75) is 32.7 Å². The lowest BCUT2D eigenvalue weighted by Gasteiger charge is -2.33. The van der Waals surface area contributed by atoms with Crippen LogP contribution in [0.1, 0.15) is 25.3 Å². The molecule has 0 radical (unpaired) electrons. The molecule has 1 aliphatic rings. The van der Waals surface area contributed by atoms with E-state index in [0.29, 0.717) is 11.3 Å². The van der Waals surface area contributed by atoms with Gasteiger partial charge in [0.2, 0.25) is 5.28 Å². The van der Waals surface area contributed by atoms with Gasteiger partial charge in [-0.2, -0.15) is 0 Å². The number of nitrogens with zero attached hydrogens (tertiary/aromatic N) is 2. The van der Waals surface area contributed by atoms with Crippen molar-refractivity contribution in [3.63, 3.8) is 0 Å². The number of nitrogens with one attached hydrogen (secondary N) is 1. The third kappa shape index (κ3) is 1.98. The van der Waals surface area contributed by atoms with Crippen LogP contribution in [0.4, 0.5) is 5.82 Å². The van der Waals surface area contributed by atoms with Crippen LogP contribution in [-0.2, 0) is 0 Å². The first kappa shape index (κ1) is 9.71. The summed E-state index contributed by atoms with van der Waals surface area (Å²) in [5.74, 6) is 1.71. The zero-order valence-corrected chi connectivity index (χ0v) is 9.17. The highest BCUT2D eigenvalue weighted by molar-refractivity contribution is 6.28. The average Bonchev–Trinajstić information content (AvgIpc) is 2.09. The molecule has 1 heterocycles. The van der Waals surface area contributed by atoms with Crippen LogP contribution >= 0.6 is 11.6 Å². The molecule has 3 nitrogen and oxygen atoms in total. The Morgan fingerprint density at radius 3 is 2.86 bits per heavy atom. The van der Waals surface area contributed by atoms with Gasteiger partial charge in [-0.1, -0.05) is 6.92 Å². The molecule has 0 aromatic carbocycles. The maximum atomic E-state index is 5.73. The fourth-order valence-electron chi connectivity index (χ4n) is 1.78. The van der Waals surface area contributed by atoms with Gasteiger partial charge in [-0.25, -0.2) is 9.97 Å². The van der Waals surface area contributed by atoms with E-state index < -0.39 is 0 Å². The first-order valence-electron chi connectivity index (χ1n) is 4.91. The van der Waals surface area contributed by atoms with Gasteiger partial charge in [-0.05, 0) is 37.3 Å². The molecule has 0 atom stereocenters. The van der Waals surface area contributed by atoms with E-state index in [0.717, 1.165) is 17.3 Å². The van der Waals surface area contributed by atoms with E-state index in [1.807, 2.05) is 6.92 Å². The van der Waals surface area contributed by atoms with Crippen molar-refractivity contribution in [2.24, 2.45) is 5.92 Å². The summed E-state index contributed by atoms with van der Waals surface area (Å²) in [7, 11) is 0. The fourth-order valence-corrected chi connectivity index (χ4v) is 1.91. The summed E-state index contributed by atoms with van der Waals surface area (Å²) in [5, 5.41) is 3.69. The number of aromatic nitrogens is 2. The van der Waals surface area contributed by atoms with Crippen molar-refractivity contribution in [2.75, 3.05) is 5.32 Å². The minimum atomic E-state index is 0.311. The molecule has 14 heavy (non-hydrogen) atoms. The molecular formula is C10H14ClN3. The van der Waals surface area contributed by atoms with Crippen LogP contribution in [0.25, 0.3) is 0 Å². The second kappa shape index (κ2) is 3.73. The van der Waals surface area contributed by atoms with Crippen molar-refractivity contribution in [1.29, 1.82) is 0 Å². The third-order valence-corrected chi connectivity index (χ3v) is 2.84. The molecule has 1 N–H and O–H groups in total. The second-order valence-corrected chi connectivity index (χ2v) is 4.43. The maximum absolute atomic E-state index is 5.73. The largest absolute Gasteiger partial charge is 0.367 e. The highest BCUT2D eigenvalue weighted by Crippen LogP contribution is 2.29. The third-order valence-electron chi connectivity index (χ3n) is 2.66. The molecule has 4 heteroatoms. The molecule has 1 aromatic rings. The van der Waals surface area contributed by atoms with Crippen LogP contribution < -0.4 is 5.32 Å². The Labute approximate surface area is 88.9 Å². The number of aryl methyl sites for hydroxylation is 1. The monoisotopic (exact) mass is 211 g/mol. The SMILES string of the molecule is Cc1cnc(Cl)nc1NC1CC(C)C1. The van der Waals surface area contributed by atoms with E-state index in [2.05, 4.69) is 22.2 Å². The van der Waals surface area contributed by atoms with Crippen molar-refractivity contribution in [3.8, 4) is 0 Å². The van der Waals surface area contributed by atoms with E-state index in [1.165, 1.54) is 12.8 Å². The summed E-state index contributed by atoms with van der Waals surface area (Å²) in [6.45, 7) is 4.25. The average molecular weight is 212 g/mol. The van der Waals surface area contributed by atoms with Gasteiger partial charge in [0.15, 0.2) is 0 Å².